The van der Waals surface area contributed by atoms with E-state index in [1.165, 1.54) is 0 Å². The highest BCUT2D eigenvalue weighted by Gasteiger charge is 2.19. The molecule has 0 spiro atoms. The third kappa shape index (κ3) is 2.02. The predicted molar refractivity (Wildman–Crippen MR) is 72.1 cm³/mol. The van der Waals surface area contributed by atoms with Gasteiger partial charge in [-0.15, -0.1) is 10.2 Å². The van der Waals surface area contributed by atoms with Gasteiger partial charge in [0, 0.05) is 5.56 Å². The van der Waals surface area contributed by atoms with Gasteiger partial charge in [-0.05, 0) is 28.0 Å². The molecule has 1 aromatic carbocycles. The van der Waals surface area contributed by atoms with Crippen LogP contribution in [0.15, 0.2) is 57.4 Å². The van der Waals surface area contributed by atoms with Crippen molar-refractivity contribution in [2.24, 2.45) is 10.2 Å². The highest BCUT2D eigenvalue weighted by Crippen LogP contribution is 2.34. The van der Waals surface area contributed by atoms with Crippen LogP contribution in [0.1, 0.15) is 17.5 Å². The number of carbonyl (C=O) groups is 1. The molecule has 4 heteroatoms. The Balaban J connectivity index is 2.16. The molecule has 3 rings (SSSR count). The molecule has 2 heterocycles. The SMILES string of the molecule is O=C1CC(c2ccsc2)=C(c2ccccc2)N=N1. The van der Waals surface area contributed by atoms with E-state index in [0.29, 0.717) is 6.42 Å². The second-order valence-corrected chi connectivity index (χ2v) is 4.76. The molecule has 1 aliphatic heterocycles. The van der Waals surface area contributed by atoms with Gasteiger partial charge in [0.05, 0.1) is 12.1 Å². The zero-order chi connectivity index (χ0) is 12.4. The average Bonchev–Trinajstić information content (AvgIpc) is 2.93. The molecule has 0 radical (unpaired) electrons. The van der Waals surface area contributed by atoms with Crippen LogP contribution >= 0.6 is 11.3 Å². The van der Waals surface area contributed by atoms with Crippen LogP contribution in [0.5, 0.6) is 0 Å². The fraction of sp³-hybridized carbons (Fsp3) is 0.0714. The molecule has 0 saturated heterocycles. The summed E-state index contributed by atoms with van der Waals surface area (Å²) in [5, 5.41) is 11.8. The second-order valence-electron chi connectivity index (χ2n) is 3.98. The standard InChI is InChI=1S/C14H10N2OS/c17-13-8-12(11-6-7-18-9-11)14(16-15-13)10-4-2-1-3-5-10/h1-7,9H,8H2. The summed E-state index contributed by atoms with van der Waals surface area (Å²) in [5.41, 5.74) is 3.82. The first-order valence-corrected chi connectivity index (χ1v) is 6.54. The first kappa shape index (κ1) is 11.0. The van der Waals surface area contributed by atoms with E-state index in [1.54, 1.807) is 11.3 Å². The zero-order valence-electron chi connectivity index (χ0n) is 9.54. The molecule has 0 atom stereocenters. The van der Waals surface area contributed by atoms with Crippen LogP contribution in [-0.2, 0) is 4.79 Å². The third-order valence-corrected chi connectivity index (χ3v) is 3.48. The highest BCUT2D eigenvalue weighted by atomic mass is 32.1. The minimum atomic E-state index is -0.184. The molecule has 18 heavy (non-hydrogen) atoms. The van der Waals surface area contributed by atoms with Crippen LogP contribution in [0.4, 0.5) is 0 Å². The van der Waals surface area contributed by atoms with Crippen LogP contribution < -0.4 is 0 Å². The summed E-state index contributed by atoms with van der Waals surface area (Å²) in [6.07, 6.45) is 0.324. The summed E-state index contributed by atoms with van der Waals surface area (Å²) in [6, 6.07) is 11.8. The second kappa shape index (κ2) is 4.66. The Hall–Kier alpha value is -2.07. The van der Waals surface area contributed by atoms with Gasteiger partial charge in [-0.1, -0.05) is 30.3 Å². The molecule has 0 bridgehead atoms. The topological polar surface area (TPSA) is 41.8 Å². The molecule has 0 fully saturated rings. The van der Waals surface area contributed by atoms with Crippen molar-refractivity contribution < 1.29 is 4.79 Å². The quantitative estimate of drug-likeness (QED) is 0.798. The highest BCUT2D eigenvalue weighted by molar-refractivity contribution is 7.08. The molecule has 0 aliphatic carbocycles. The van der Waals surface area contributed by atoms with E-state index in [-0.39, 0.29) is 5.91 Å². The number of amides is 1. The Morgan fingerprint density at radius 1 is 1.00 bits per heavy atom. The molecule has 1 amide bonds. The van der Waals surface area contributed by atoms with Gasteiger partial charge in [0.2, 0.25) is 0 Å². The van der Waals surface area contributed by atoms with Crippen LogP contribution in [0.25, 0.3) is 11.3 Å². The maximum Gasteiger partial charge on any atom is 0.269 e. The molecule has 3 nitrogen and oxygen atoms in total. The van der Waals surface area contributed by atoms with Gasteiger partial charge in [-0.3, -0.25) is 4.79 Å². The van der Waals surface area contributed by atoms with Gasteiger partial charge in [-0.2, -0.15) is 11.3 Å². The van der Waals surface area contributed by atoms with Crippen LogP contribution in [-0.4, -0.2) is 5.91 Å². The minimum Gasteiger partial charge on any atom is -0.271 e. The molecule has 1 aromatic heterocycles. The lowest BCUT2D eigenvalue weighted by Crippen LogP contribution is -2.02. The van der Waals surface area contributed by atoms with Crippen molar-refractivity contribution in [1.82, 2.24) is 0 Å². The van der Waals surface area contributed by atoms with Crippen molar-refractivity contribution in [2.75, 3.05) is 0 Å². The van der Waals surface area contributed by atoms with Gasteiger partial charge >= 0.3 is 0 Å². The van der Waals surface area contributed by atoms with Crippen molar-refractivity contribution in [3.05, 3.63) is 58.3 Å². The fourth-order valence-electron chi connectivity index (χ4n) is 1.94. The number of nitrogens with zero attached hydrogens (tertiary/aromatic N) is 2. The van der Waals surface area contributed by atoms with Crippen LogP contribution in [0.2, 0.25) is 0 Å². The summed E-state index contributed by atoms with van der Waals surface area (Å²) < 4.78 is 0. The normalized spacial score (nSPS) is 15.2. The Bertz CT molecular complexity index is 627. The molecule has 2 aromatic rings. The van der Waals surface area contributed by atoms with Gasteiger partial charge in [0.15, 0.2) is 0 Å². The van der Waals surface area contributed by atoms with Gasteiger partial charge in [0.1, 0.15) is 0 Å². The lowest BCUT2D eigenvalue weighted by Gasteiger charge is -2.12. The molecule has 1 aliphatic rings. The number of benzene rings is 1. The molecule has 0 saturated carbocycles. The summed E-state index contributed by atoms with van der Waals surface area (Å²) >= 11 is 1.61. The largest absolute Gasteiger partial charge is 0.271 e. The molecule has 88 valence electrons. The van der Waals surface area contributed by atoms with Crippen LogP contribution in [0, 0.1) is 0 Å². The smallest absolute Gasteiger partial charge is 0.269 e. The zero-order valence-corrected chi connectivity index (χ0v) is 10.4. The Morgan fingerprint density at radius 3 is 2.56 bits per heavy atom. The number of thiophene rings is 1. The lowest BCUT2D eigenvalue weighted by molar-refractivity contribution is -0.117. The third-order valence-electron chi connectivity index (χ3n) is 2.79. The van der Waals surface area contributed by atoms with Gasteiger partial charge in [0.25, 0.3) is 5.91 Å². The lowest BCUT2D eigenvalue weighted by atomic mass is 9.98. The Morgan fingerprint density at radius 2 is 1.83 bits per heavy atom. The Labute approximate surface area is 109 Å². The number of hydrogen-bond donors (Lipinski definition) is 0. The Kier molecular flexibility index (Phi) is 2.86. The van der Waals surface area contributed by atoms with E-state index < -0.39 is 0 Å². The fourth-order valence-corrected chi connectivity index (χ4v) is 2.61. The van der Waals surface area contributed by atoms with Crippen LogP contribution in [0.3, 0.4) is 0 Å². The average molecular weight is 254 g/mol. The van der Waals surface area contributed by atoms with E-state index >= 15 is 0 Å². The van der Waals surface area contributed by atoms with E-state index in [2.05, 4.69) is 10.2 Å². The van der Waals surface area contributed by atoms with E-state index in [4.69, 9.17) is 0 Å². The van der Waals surface area contributed by atoms with Gasteiger partial charge < -0.3 is 0 Å². The predicted octanol–water partition coefficient (Wildman–Crippen LogP) is 4.00. The van der Waals surface area contributed by atoms with E-state index in [9.17, 15) is 4.79 Å². The summed E-state index contributed by atoms with van der Waals surface area (Å²) in [5.74, 6) is -0.184. The van der Waals surface area contributed by atoms with Crippen molar-refractivity contribution in [2.45, 2.75) is 6.42 Å². The summed E-state index contributed by atoms with van der Waals surface area (Å²) in [4.78, 5) is 11.5. The summed E-state index contributed by atoms with van der Waals surface area (Å²) in [7, 11) is 0. The van der Waals surface area contributed by atoms with Crippen molar-refractivity contribution in [3.8, 4) is 0 Å². The summed E-state index contributed by atoms with van der Waals surface area (Å²) in [6.45, 7) is 0. The first-order chi connectivity index (χ1) is 8.84. The molecule has 0 N–H and O–H groups in total. The number of carbonyl (C=O) groups excluding carboxylic acids is 1. The maximum absolute atomic E-state index is 11.5. The molecular weight excluding hydrogens is 244 g/mol. The van der Waals surface area contributed by atoms with Crippen molar-refractivity contribution >= 4 is 28.5 Å². The minimum absolute atomic E-state index is 0.184. The first-order valence-electron chi connectivity index (χ1n) is 5.60. The molecule has 0 unspecified atom stereocenters. The monoisotopic (exact) mass is 254 g/mol. The van der Waals surface area contributed by atoms with E-state index in [1.807, 2.05) is 47.2 Å². The molecular formula is C14H10N2OS. The van der Waals surface area contributed by atoms with E-state index in [0.717, 1.165) is 22.4 Å². The van der Waals surface area contributed by atoms with Gasteiger partial charge in [-0.25, -0.2) is 0 Å². The number of rotatable bonds is 2. The number of hydrogen-bond acceptors (Lipinski definition) is 3. The maximum atomic E-state index is 11.5. The van der Waals surface area contributed by atoms with Crippen molar-refractivity contribution in [3.63, 3.8) is 0 Å². The number of azo groups is 1. The van der Waals surface area contributed by atoms with Crippen molar-refractivity contribution in [1.29, 1.82) is 0 Å².